The van der Waals surface area contributed by atoms with Gasteiger partial charge in [-0.3, -0.25) is 10.1 Å². The van der Waals surface area contributed by atoms with E-state index in [1.54, 1.807) is 19.9 Å². The number of benzene rings is 1. The van der Waals surface area contributed by atoms with Crippen molar-refractivity contribution in [1.82, 2.24) is 9.78 Å². The van der Waals surface area contributed by atoms with E-state index in [1.165, 1.54) is 0 Å². The molecule has 0 radical (unpaired) electrons. The molecule has 1 aromatic carbocycles. The fourth-order valence-corrected chi connectivity index (χ4v) is 1.77. The molecule has 18 heavy (non-hydrogen) atoms. The van der Waals surface area contributed by atoms with Crippen molar-refractivity contribution in [1.29, 1.82) is 0 Å². The zero-order chi connectivity index (χ0) is 13.4. The van der Waals surface area contributed by atoms with Crippen molar-refractivity contribution >= 4 is 5.69 Å². The monoisotopic (exact) mass is 253 g/mol. The molecular formula is C11H9F2N3O2. The minimum absolute atomic E-state index is 0.219. The van der Waals surface area contributed by atoms with Gasteiger partial charge in [-0.2, -0.15) is 9.49 Å². The molecular weight excluding hydrogens is 244 g/mol. The summed E-state index contributed by atoms with van der Waals surface area (Å²) in [6, 6.07) is 3.03. The average molecular weight is 253 g/mol. The molecule has 5 nitrogen and oxygen atoms in total. The molecule has 7 heteroatoms. The van der Waals surface area contributed by atoms with E-state index >= 15 is 0 Å². The lowest BCUT2D eigenvalue weighted by Crippen LogP contribution is -2.06. The van der Waals surface area contributed by atoms with Gasteiger partial charge in [-0.15, -0.1) is 0 Å². The molecule has 0 unspecified atom stereocenters. The average Bonchev–Trinajstić information content (AvgIpc) is 2.55. The van der Waals surface area contributed by atoms with E-state index in [0.717, 1.165) is 10.7 Å². The first-order valence-corrected chi connectivity index (χ1v) is 5.07. The number of nitro groups is 1. The number of nitrogens with zero attached hydrogens (tertiary/aromatic N) is 3. The van der Waals surface area contributed by atoms with Gasteiger partial charge in [-0.1, -0.05) is 0 Å². The van der Waals surface area contributed by atoms with Crippen LogP contribution in [0.2, 0.25) is 0 Å². The summed E-state index contributed by atoms with van der Waals surface area (Å²) >= 11 is 0. The van der Waals surface area contributed by atoms with Gasteiger partial charge in [-0.25, -0.2) is 9.07 Å². The molecule has 2 rings (SSSR count). The van der Waals surface area contributed by atoms with Gasteiger partial charge >= 0.3 is 5.69 Å². The number of hydrogen-bond acceptors (Lipinski definition) is 3. The molecule has 0 fully saturated rings. The molecule has 94 valence electrons. The van der Waals surface area contributed by atoms with Crippen molar-refractivity contribution in [3.8, 4) is 5.69 Å². The van der Waals surface area contributed by atoms with Gasteiger partial charge in [0.15, 0.2) is 0 Å². The Morgan fingerprint density at radius 2 is 1.94 bits per heavy atom. The molecule has 0 aliphatic rings. The van der Waals surface area contributed by atoms with Crippen LogP contribution in [0.25, 0.3) is 5.69 Å². The second-order valence-electron chi connectivity index (χ2n) is 3.85. The maximum Gasteiger partial charge on any atom is 0.330 e. The normalized spacial score (nSPS) is 10.7. The van der Waals surface area contributed by atoms with Crippen LogP contribution >= 0.6 is 0 Å². The van der Waals surface area contributed by atoms with E-state index in [-0.39, 0.29) is 5.69 Å². The van der Waals surface area contributed by atoms with E-state index in [0.29, 0.717) is 17.5 Å². The van der Waals surface area contributed by atoms with Gasteiger partial charge in [0.25, 0.3) is 0 Å². The van der Waals surface area contributed by atoms with Crippen LogP contribution in [-0.4, -0.2) is 14.7 Å². The summed E-state index contributed by atoms with van der Waals surface area (Å²) in [5, 5.41) is 14.8. The summed E-state index contributed by atoms with van der Waals surface area (Å²) in [5.74, 6) is -2.11. The predicted octanol–water partition coefficient (Wildman–Crippen LogP) is 2.68. The maximum atomic E-state index is 13.5. The summed E-state index contributed by atoms with van der Waals surface area (Å²) in [4.78, 5) is 9.96. The first-order chi connectivity index (χ1) is 8.40. The Balaban J connectivity index is 2.77. The standard InChI is InChI=1S/C11H9F2N3O2/c1-6-3-7(2)15(14-6)10-5-8(12)4-9(13)11(10)16(17)18/h3-5H,1-2H3. The maximum absolute atomic E-state index is 13.5. The number of rotatable bonds is 2. The Bertz CT molecular complexity index is 637. The third-order valence-electron chi connectivity index (χ3n) is 2.43. The first kappa shape index (κ1) is 12.2. The quantitative estimate of drug-likeness (QED) is 0.610. The van der Waals surface area contributed by atoms with Crippen molar-refractivity contribution in [2.75, 3.05) is 0 Å². The van der Waals surface area contributed by atoms with Gasteiger partial charge in [0.05, 0.1) is 10.6 Å². The summed E-state index contributed by atoms with van der Waals surface area (Å²) in [5.41, 5.74) is 0.151. The minimum Gasteiger partial charge on any atom is -0.258 e. The van der Waals surface area contributed by atoms with Crippen LogP contribution in [0.1, 0.15) is 11.4 Å². The van der Waals surface area contributed by atoms with E-state index in [4.69, 9.17) is 0 Å². The molecule has 0 N–H and O–H groups in total. The van der Waals surface area contributed by atoms with Crippen LogP contribution < -0.4 is 0 Å². The number of hydrogen-bond donors (Lipinski definition) is 0. The minimum atomic E-state index is -1.22. The zero-order valence-corrected chi connectivity index (χ0v) is 9.65. The van der Waals surface area contributed by atoms with E-state index in [2.05, 4.69) is 5.10 Å². The fourth-order valence-electron chi connectivity index (χ4n) is 1.77. The highest BCUT2D eigenvalue weighted by atomic mass is 19.1. The van der Waals surface area contributed by atoms with Crippen LogP contribution in [0.3, 0.4) is 0 Å². The lowest BCUT2D eigenvalue weighted by molar-refractivity contribution is -0.387. The van der Waals surface area contributed by atoms with Crippen molar-refractivity contribution in [2.45, 2.75) is 13.8 Å². The number of nitro benzene ring substituents is 1. The Morgan fingerprint density at radius 1 is 1.28 bits per heavy atom. The Morgan fingerprint density at radius 3 is 2.44 bits per heavy atom. The molecule has 1 aromatic heterocycles. The van der Waals surface area contributed by atoms with Crippen LogP contribution in [0.15, 0.2) is 18.2 Å². The van der Waals surface area contributed by atoms with Gasteiger partial charge < -0.3 is 0 Å². The van der Waals surface area contributed by atoms with Crippen LogP contribution in [-0.2, 0) is 0 Å². The number of aromatic nitrogens is 2. The highest BCUT2D eigenvalue weighted by molar-refractivity contribution is 5.53. The summed E-state index contributed by atoms with van der Waals surface area (Å²) in [6.07, 6.45) is 0. The molecule has 0 saturated carbocycles. The van der Waals surface area contributed by atoms with E-state index < -0.39 is 22.2 Å². The van der Waals surface area contributed by atoms with E-state index in [9.17, 15) is 18.9 Å². The molecule has 0 aliphatic carbocycles. The van der Waals surface area contributed by atoms with Gasteiger partial charge in [0.2, 0.25) is 5.82 Å². The molecule has 0 atom stereocenters. The molecule has 0 bridgehead atoms. The van der Waals surface area contributed by atoms with Gasteiger partial charge in [0, 0.05) is 17.8 Å². The molecule has 0 aliphatic heterocycles. The summed E-state index contributed by atoms with van der Waals surface area (Å²) in [6.45, 7) is 3.33. The highest BCUT2D eigenvalue weighted by Gasteiger charge is 2.24. The van der Waals surface area contributed by atoms with Crippen LogP contribution in [0.5, 0.6) is 0 Å². The largest absolute Gasteiger partial charge is 0.330 e. The fraction of sp³-hybridized carbons (Fsp3) is 0.182. The molecule has 0 amide bonds. The first-order valence-electron chi connectivity index (χ1n) is 5.07. The molecule has 0 spiro atoms. The Hall–Kier alpha value is -2.31. The van der Waals surface area contributed by atoms with Crippen LogP contribution in [0, 0.1) is 35.6 Å². The molecule has 1 heterocycles. The van der Waals surface area contributed by atoms with Crippen molar-refractivity contribution in [3.05, 3.63) is 51.3 Å². The number of halogens is 2. The molecule has 0 saturated heterocycles. The highest BCUT2D eigenvalue weighted by Crippen LogP contribution is 2.28. The SMILES string of the molecule is Cc1cc(C)n(-c2cc(F)cc(F)c2[N+](=O)[O-])n1. The van der Waals surface area contributed by atoms with Crippen LogP contribution in [0.4, 0.5) is 14.5 Å². The second kappa shape index (κ2) is 4.17. The van der Waals surface area contributed by atoms with Crippen molar-refractivity contribution in [3.63, 3.8) is 0 Å². The van der Waals surface area contributed by atoms with E-state index in [1.807, 2.05) is 0 Å². The number of aryl methyl sites for hydroxylation is 2. The Kier molecular flexibility index (Phi) is 2.82. The van der Waals surface area contributed by atoms with Gasteiger partial charge in [-0.05, 0) is 19.9 Å². The third-order valence-corrected chi connectivity index (χ3v) is 2.43. The lowest BCUT2D eigenvalue weighted by atomic mass is 10.2. The van der Waals surface area contributed by atoms with Crippen molar-refractivity contribution < 1.29 is 13.7 Å². The van der Waals surface area contributed by atoms with Gasteiger partial charge in [0.1, 0.15) is 11.5 Å². The van der Waals surface area contributed by atoms with Crippen molar-refractivity contribution in [2.24, 2.45) is 0 Å². The topological polar surface area (TPSA) is 61.0 Å². The smallest absolute Gasteiger partial charge is 0.258 e. The summed E-state index contributed by atoms with van der Waals surface area (Å²) in [7, 11) is 0. The predicted molar refractivity (Wildman–Crippen MR) is 59.6 cm³/mol. The zero-order valence-electron chi connectivity index (χ0n) is 9.65. The second-order valence-corrected chi connectivity index (χ2v) is 3.85. The Labute approximate surface area is 101 Å². The third kappa shape index (κ3) is 1.94. The molecule has 2 aromatic rings. The summed E-state index contributed by atoms with van der Waals surface area (Å²) < 4.78 is 27.8. The lowest BCUT2D eigenvalue weighted by Gasteiger charge is -2.06.